The molecule has 3 aromatic carbocycles. The molecule has 0 unspecified atom stereocenters. The van der Waals surface area contributed by atoms with Crippen molar-refractivity contribution >= 4 is 39.3 Å². The van der Waals surface area contributed by atoms with E-state index in [0.717, 1.165) is 22.0 Å². The first-order chi connectivity index (χ1) is 16.5. The molecular weight excluding hydrogens is 455 g/mol. The standard InChI is InChI=1S/C26H20ClFN4O2/c27-19-9-5-17(6-10-19)13-29-24(33)16-32-26(34)25-22(14-30-32)21-3-1-2-4-23(21)31(25)15-18-7-11-20(28)12-8-18/h1-12,14H,13,15-16H2,(H,29,33). The molecule has 0 saturated heterocycles. The van der Waals surface area contributed by atoms with Crippen LogP contribution in [0, 0.1) is 5.82 Å². The van der Waals surface area contributed by atoms with Gasteiger partial charge in [0.15, 0.2) is 0 Å². The number of hydrogen-bond donors (Lipinski definition) is 1. The third kappa shape index (κ3) is 4.30. The van der Waals surface area contributed by atoms with Crippen LogP contribution >= 0.6 is 11.6 Å². The summed E-state index contributed by atoms with van der Waals surface area (Å²) >= 11 is 5.89. The molecule has 5 aromatic rings. The van der Waals surface area contributed by atoms with Crippen LogP contribution in [-0.2, 0) is 24.4 Å². The van der Waals surface area contributed by atoms with Crippen molar-refractivity contribution in [3.8, 4) is 0 Å². The van der Waals surface area contributed by atoms with Crippen LogP contribution in [0.2, 0.25) is 5.02 Å². The van der Waals surface area contributed by atoms with Crippen molar-refractivity contribution in [3.63, 3.8) is 0 Å². The average molecular weight is 475 g/mol. The Bertz CT molecular complexity index is 1560. The molecule has 1 N–H and O–H groups in total. The van der Waals surface area contributed by atoms with Gasteiger partial charge < -0.3 is 9.88 Å². The van der Waals surface area contributed by atoms with E-state index in [1.165, 1.54) is 16.8 Å². The number of hydrogen-bond acceptors (Lipinski definition) is 3. The second-order valence-electron chi connectivity index (χ2n) is 8.00. The fraction of sp³-hybridized carbons (Fsp3) is 0.115. The van der Waals surface area contributed by atoms with E-state index in [2.05, 4.69) is 10.4 Å². The second-order valence-corrected chi connectivity index (χ2v) is 8.44. The lowest BCUT2D eigenvalue weighted by Gasteiger charge is -2.10. The summed E-state index contributed by atoms with van der Waals surface area (Å²) in [6, 6.07) is 21.0. The van der Waals surface area contributed by atoms with Crippen LogP contribution in [0.3, 0.4) is 0 Å². The molecule has 0 atom stereocenters. The minimum absolute atomic E-state index is 0.208. The molecule has 0 aliphatic carbocycles. The lowest BCUT2D eigenvalue weighted by Crippen LogP contribution is -2.33. The Hall–Kier alpha value is -3.97. The number of carbonyl (C=O) groups is 1. The Kier molecular flexibility index (Phi) is 5.86. The van der Waals surface area contributed by atoms with E-state index in [0.29, 0.717) is 29.0 Å². The van der Waals surface area contributed by atoms with Crippen LogP contribution in [0.15, 0.2) is 83.8 Å². The summed E-state index contributed by atoms with van der Waals surface area (Å²) in [7, 11) is 0. The molecule has 2 aromatic heterocycles. The van der Waals surface area contributed by atoms with Crippen LogP contribution in [0.5, 0.6) is 0 Å². The maximum Gasteiger partial charge on any atom is 0.291 e. The van der Waals surface area contributed by atoms with E-state index in [1.54, 1.807) is 30.5 Å². The smallest absolute Gasteiger partial charge is 0.291 e. The Morgan fingerprint density at radius 3 is 2.41 bits per heavy atom. The molecule has 0 fully saturated rings. The quantitative estimate of drug-likeness (QED) is 0.394. The van der Waals surface area contributed by atoms with Crippen molar-refractivity contribution in [2.45, 2.75) is 19.6 Å². The van der Waals surface area contributed by atoms with Crippen LogP contribution in [0.25, 0.3) is 21.8 Å². The number of carbonyl (C=O) groups excluding carboxylic acids is 1. The summed E-state index contributed by atoms with van der Waals surface area (Å²) in [5, 5.41) is 9.28. The summed E-state index contributed by atoms with van der Waals surface area (Å²) in [5.41, 5.74) is 2.70. The van der Waals surface area contributed by atoms with Gasteiger partial charge in [0.1, 0.15) is 17.9 Å². The fourth-order valence-corrected chi connectivity index (χ4v) is 4.16. The number of nitrogens with zero attached hydrogens (tertiary/aromatic N) is 3. The Morgan fingerprint density at radius 2 is 1.65 bits per heavy atom. The van der Waals surface area contributed by atoms with Gasteiger partial charge in [0.25, 0.3) is 5.56 Å². The molecule has 2 heterocycles. The molecule has 6 nitrogen and oxygen atoms in total. The van der Waals surface area contributed by atoms with E-state index >= 15 is 0 Å². The van der Waals surface area contributed by atoms with Crippen molar-refractivity contribution in [2.24, 2.45) is 0 Å². The van der Waals surface area contributed by atoms with Gasteiger partial charge in [0.2, 0.25) is 5.91 Å². The van der Waals surface area contributed by atoms with Gasteiger partial charge in [0.05, 0.1) is 6.20 Å². The number of benzene rings is 3. The predicted molar refractivity (Wildman–Crippen MR) is 130 cm³/mol. The Morgan fingerprint density at radius 1 is 0.941 bits per heavy atom. The van der Waals surface area contributed by atoms with Crippen LogP contribution in [0.4, 0.5) is 4.39 Å². The highest BCUT2D eigenvalue weighted by Gasteiger charge is 2.17. The van der Waals surface area contributed by atoms with Crippen LogP contribution in [-0.4, -0.2) is 20.3 Å². The minimum Gasteiger partial charge on any atom is -0.350 e. The number of amides is 1. The van der Waals surface area contributed by atoms with Crippen molar-refractivity contribution in [2.75, 3.05) is 0 Å². The number of aromatic nitrogens is 3. The topological polar surface area (TPSA) is 68.9 Å². The first-order valence-corrected chi connectivity index (χ1v) is 11.1. The monoisotopic (exact) mass is 474 g/mol. The van der Waals surface area contributed by atoms with Gasteiger partial charge in [-0.05, 0) is 41.5 Å². The zero-order valence-electron chi connectivity index (χ0n) is 18.0. The molecule has 34 heavy (non-hydrogen) atoms. The van der Waals surface area contributed by atoms with E-state index in [-0.39, 0.29) is 23.8 Å². The number of rotatable bonds is 6. The van der Waals surface area contributed by atoms with Gasteiger partial charge >= 0.3 is 0 Å². The third-order valence-electron chi connectivity index (χ3n) is 5.72. The van der Waals surface area contributed by atoms with Gasteiger partial charge in [-0.2, -0.15) is 5.10 Å². The SMILES string of the molecule is O=C(Cn1ncc2c3ccccc3n(Cc3ccc(F)cc3)c2c1=O)NCc1ccc(Cl)cc1. The highest BCUT2D eigenvalue weighted by Crippen LogP contribution is 2.27. The molecule has 5 rings (SSSR count). The summed E-state index contributed by atoms with van der Waals surface area (Å²) in [6.45, 7) is 0.491. The van der Waals surface area contributed by atoms with Gasteiger partial charge in [-0.25, -0.2) is 9.07 Å². The zero-order chi connectivity index (χ0) is 23.7. The minimum atomic E-state index is -0.363. The number of para-hydroxylation sites is 1. The van der Waals surface area contributed by atoms with E-state index in [1.807, 2.05) is 41.0 Å². The molecule has 170 valence electrons. The largest absolute Gasteiger partial charge is 0.350 e. The molecule has 8 heteroatoms. The number of fused-ring (bicyclic) bond motifs is 3. The van der Waals surface area contributed by atoms with Gasteiger partial charge in [-0.3, -0.25) is 9.59 Å². The van der Waals surface area contributed by atoms with E-state index < -0.39 is 0 Å². The van der Waals surface area contributed by atoms with Crippen molar-refractivity contribution in [1.29, 1.82) is 0 Å². The molecule has 0 saturated carbocycles. The van der Waals surface area contributed by atoms with Gasteiger partial charge in [-0.15, -0.1) is 0 Å². The van der Waals surface area contributed by atoms with E-state index in [9.17, 15) is 14.0 Å². The van der Waals surface area contributed by atoms with Gasteiger partial charge in [0, 0.05) is 34.4 Å². The predicted octanol–water partition coefficient (Wildman–Crippen LogP) is 4.51. The highest BCUT2D eigenvalue weighted by molar-refractivity contribution is 6.30. The highest BCUT2D eigenvalue weighted by atomic mass is 35.5. The second kappa shape index (κ2) is 9.11. The zero-order valence-corrected chi connectivity index (χ0v) is 18.8. The third-order valence-corrected chi connectivity index (χ3v) is 5.98. The first-order valence-electron chi connectivity index (χ1n) is 10.7. The van der Waals surface area contributed by atoms with Crippen LogP contribution in [0.1, 0.15) is 11.1 Å². The van der Waals surface area contributed by atoms with Crippen LogP contribution < -0.4 is 10.9 Å². The molecule has 0 spiro atoms. The maximum absolute atomic E-state index is 13.4. The molecular formula is C26H20ClFN4O2. The molecule has 0 aliphatic rings. The molecule has 0 aliphatic heterocycles. The maximum atomic E-state index is 13.4. The summed E-state index contributed by atoms with van der Waals surface area (Å²) in [5.74, 6) is -0.646. The summed E-state index contributed by atoms with van der Waals surface area (Å²) in [6.07, 6.45) is 1.62. The molecule has 0 radical (unpaired) electrons. The lowest BCUT2D eigenvalue weighted by atomic mass is 10.2. The van der Waals surface area contributed by atoms with Crippen molar-refractivity contribution in [3.05, 3.63) is 111 Å². The molecule has 1 amide bonds. The van der Waals surface area contributed by atoms with Crippen molar-refractivity contribution in [1.82, 2.24) is 19.7 Å². The van der Waals surface area contributed by atoms with Crippen molar-refractivity contribution < 1.29 is 9.18 Å². The average Bonchev–Trinajstić information content (AvgIpc) is 3.16. The summed E-state index contributed by atoms with van der Waals surface area (Å²) in [4.78, 5) is 26.0. The molecule has 0 bridgehead atoms. The fourth-order valence-electron chi connectivity index (χ4n) is 4.04. The van der Waals surface area contributed by atoms with E-state index in [4.69, 9.17) is 11.6 Å². The normalized spacial score (nSPS) is 11.2. The van der Waals surface area contributed by atoms with Gasteiger partial charge in [-0.1, -0.05) is 54.1 Å². The Labute approximate surface area is 199 Å². The summed E-state index contributed by atoms with van der Waals surface area (Å²) < 4.78 is 16.4. The number of nitrogens with one attached hydrogen (secondary N) is 1. The lowest BCUT2D eigenvalue weighted by molar-refractivity contribution is -0.122. The Balaban J connectivity index is 1.48. The first kappa shape index (κ1) is 21.9. The number of halogens is 2.